The molecular weight excluding hydrogens is 441 g/mol. The number of nitro benzene ring substituents is 1. The summed E-state index contributed by atoms with van der Waals surface area (Å²) in [5.41, 5.74) is -1.23. The highest BCUT2D eigenvalue weighted by Gasteiger charge is 2.55. The van der Waals surface area contributed by atoms with Crippen molar-refractivity contribution in [2.24, 2.45) is 5.92 Å². The molecule has 0 spiro atoms. The van der Waals surface area contributed by atoms with Gasteiger partial charge < -0.3 is 9.05 Å². The molecule has 3 atom stereocenters. The van der Waals surface area contributed by atoms with Crippen molar-refractivity contribution in [3.8, 4) is 11.5 Å². The van der Waals surface area contributed by atoms with Crippen molar-refractivity contribution in [3.05, 3.63) is 64.7 Å². The van der Waals surface area contributed by atoms with E-state index in [9.17, 15) is 14.7 Å². The molecule has 0 radical (unpaired) electrons. The first-order chi connectivity index (χ1) is 15.2. The minimum atomic E-state index is -4.16. The Balaban J connectivity index is 1.96. The highest BCUT2D eigenvalue weighted by Crippen LogP contribution is 2.59. The Labute approximate surface area is 186 Å². The zero-order valence-electron chi connectivity index (χ0n) is 18.0. The lowest BCUT2D eigenvalue weighted by Crippen LogP contribution is -2.52. The van der Waals surface area contributed by atoms with Crippen LogP contribution >= 0.6 is 7.60 Å². The molecule has 0 amide bonds. The molecule has 3 unspecified atom stereocenters. The third-order valence-corrected chi connectivity index (χ3v) is 8.19. The van der Waals surface area contributed by atoms with Crippen LogP contribution in [0.15, 0.2) is 54.6 Å². The number of benzene rings is 2. The first-order valence-electron chi connectivity index (χ1n) is 10.6. The van der Waals surface area contributed by atoms with Gasteiger partial charge in [0.2, 0.25) is 0 Å². The number of piperidine rings is 1. The van der Waals surface area contributed by atoms with Crippen molar-refractivity contribution in [2.75, 3.05) is 19.6 Å². The number of hydrogen-bond donors (Lipinski definition) is 0. The standard InChI is InChI=1S/C22H27F2N2O5P/c1-3-21(20-14-15-25(4-2)16-22(20,23)24)32(29,30-18-8-6-5-7-9-18)31-19-12-10-17(11-13-19)26(27)28/h5-13,20-21H,3-4,14-16H2,1-2H3. The molecule has 0 saturated carbocycles. The van der Waals surface area contributed by atoms with E-state index < -0.39 is 36.6 Å². The van der Waals surface area contributed by atoms with E-state index in [2.05, 4.69) is 0 Å². The van der Waals surface area contributed by atoms with Gasteiger partial charge in [-0.1, -0.05) is 32.0 Å². The Bertz CT molecular complexity index is 959. The average molecular weight is 468 g/mol. The van der Waals surface area contributed by atoms with Crippen molar-refractivity contribution in [1.82, 2.24) is 4.90 Å². The molecule has 174 valence electrons. The van der Waals surface area contributed by atoms with E-state index >= 15 is 8.78 Å². The predicted molar refractivity (Wildman–Crippen MR) is 118 cm³/mol. The van der Waals surface area contributed by atoms with Crippen LogP contribution in [-0.4, -0.2) is 41.0 Å². The third-order valence-electron chi connectivity index (χ3n) is 5.73. The molecule has 2 aromatic rings. The third kappa shape index (κ3) is 5.45. The quantitative estimate of drug-likeness (QED) is 0.255. The molecule has 3 rings (SSSR count). The maximum Gasteiger partial charge on any atom is 0.434 e. The zero-order valence-corrected chi connectivity index (χ0v) is 18.9. The van der Waals surface area contributed by atoms with Crippen LogP contribution in [-0.2, 0) is 4.57 Å². The van der Waals surface area contributed by atoms with Crippen LogP contribution < -0.4 is 9.05 Å². The summed E-state index contributed by atoms with van der Waals surface area (Å²) >= 11 is 0. The van der Waals surface area contributed by atoms with E-state index in [0.29, 0.717) is 13.1 Å². The van der Waals surface area contributed by atoms with Gasteiger partial charge in [0, 0.05) is 18.1 Å². The number of alkyl halides is 2. The summed E-state index contributed by atoms with van der Waals surface area (Å²) < 4.78 is 55.9. The highest BCUT2D eigenvalue weighted by molar-refractivity contribution is 7.55. The molecule has 0 bridgehead atoms. The fourth-order valence-electron chi connectivity index (χ4n) is 4.06. The van der Waals surface area contributed by atoms with Crippen LogP contribution in [0.2, 0.25) is 0 Å². The van der Waals surface area contributed by atoms with Gasteiger partial charge >= 0.3 is 7.60 Å². The number of halogens is 2. The molecule has 0 N–H and O–H groups in total. The predicted octanol–water partition coefficient (Wildman–Crippen LogP) is 6.00. The smallest absolute Gasteiger partial charge is 0.416 e. The summed E-state index contributed by atoms with van der Waals surface area (Å²) in [6.45, 7) is 4.09. The molecule has 1 heterocycles. The van der Waals surface area contributed by atoms with E-state index in [1.807, 2.05) is 6.92 Å². The molecule has 2 aromatic carbocycles. The summed E-state index contributed by atoms with van der Waals surface area (Å²) in [7, 11) is -4.16. The molecule has 1 aliphatic rings. The van der Waals surface area contributed by atoms with Gasteiger partial charge in [0.15, 0.2) is 0 Å². The maximum absolute atomic E-state index is 15.1. The second-order valence-corrected chi connectivity index (χ2v) is 9.90. The first kappa shape index (κ1) is 24.1. The van der Waals surface area contributed by atoms with Crippen LogP contribution in [0.4, 0.5) is 14.5 Å². The topological polar surface area (TPSA) is 81.9 Å². The maximum atomic E-state index is 15.1. The molecule has 10 heteroatoms. The largest absolute Gasteiger partial charge is 0.434 e. The molecule has 7 nitrogen and oxygen atoms in total. The summed E-state index contributed by atoms with van der Waals surface area (Å²) in [5, 5.41) is 10.9. The summed E-state index contributed by atoms with van der Waals surface area (Å²) in [5.74, 6) is -3.96. The van der Waals surface area contributed by atoms with Gasteiger partial charge in [-0.25, -0.2) is 13.3 Å². The second kappa shape index (κ2) is 9.96. The molecular formula is C22H27F2N2O5P. The van der Waals surface area contributed by atoms with Gasteiger partial charge in [-0.3, -0.25) is 15.0 Å². The number of para-hydroxylation sites is 1. The van der Waals surface area contributed by atoms with Gasteiger partial charge in [-0.2, -0.15) is 0 Å². The van der Waals surface area contributed by atoms with Crippen molar-refractivity contribution in [2.45, 2.75) is 38.3 Å². The van der Waals surface area contributed by atoms with Crippen LogP contribution in [0, 0.1) is 16.0 Å². The van der Waals surface area contributed by atoms with E-state index in [0.717, 1.165) is 0 Å². The van der Waals surface area contributed by atoms with Crippen molar-refractivity contribution >= 4 is 13.3 Å². The van der Waals surface area contributed by atoms with Crippen LogP contribution in [0.25, 0.3) is 0 Å². The highest BCUT2D eigenvalue weighted by atomic mass is 31.2. The van der Waals surface area contributed by atoms with Crippen LogP contribution in [0.5, 0.6) is 11.5 Å². The van der Waals surface area contributed by atoms with E-state index in [1.165, 1.54) is 24.3 Å². The summed E-state index contributed by atoms with van der Waals surface area (Å²) in [4.78, 5) is 12.0. The molecule has 1 saturated heterocycles. The number of non-ortho nitro benzene ring substituents is 1. The molecule has 0 aromatic heterocycles. The number of nitro groups is 1. The Morgan fingerprint density at radius 3 is 2.22 bits per heavy atom. The first-order valence-corrected chi connectivity index (χ1v) is 12.2. The van der Waals surface area contributed by atoms with Crippen molar-refractivity contribution in [3.63, 3.8) is 0 Å². The number of likely N-dealkylation sites (tertiary alicyclic amines) is 1. The van der Waals surface area contributed by atoms with Crippen molar-refractivity contribution < 1.29 is 27.3 Å². The Kier molecular flexibility index (Phi) is 7.51. The fourth-order valence-corrected chi connectivity index (χ4v) is 6.45. The molecule has 1 fully saturated rings. The Hall–Kier alpha value is -2.51. The molecule has 32 heavy (non-hydrogen) atoms. The van der Waals surface area contributed by atoms with Gasteiger partial charge in [0.1, 0.15) is 11.5 Å². The SMILES string of the molecule is CCC(C1CCN(CC)CC1(F)F)P(=O)(Oc1ccccc1)Oc1ccc([N+](=O)[O-])cc1. The van der Waals surface area contributed by atoms with Gasteiger partial charge in [-0.15, -0.1) is 0 Å². The Morgan fingerprint density at radius 1 is 1.12 bits per heavy atom. The van der Waals surface area contributed by atoms with Gasteiger partial charge in [-0.05, 0) is 50.2 Å². The normalized spacial score (nSPS) is 21.3. The van der Waals surface area contributed by atoms with Gasteiger partial charge in [0.05, 0.1) is 17.1 Å². The monoisotopic (exact) mass is 468 g/mol. The van der Waals surface area contributed by atoms with Crippen LogP contribution in [0.1, 0.15) is 26.7 Å². The average Bonchev–Trinajstić information content (AvgIpc) is 2.76. The molecule has 0 aliphatic carbocycles. The Morgan fingerprint density at radius 2 is 1.72 bits per heavy atom. The second-order valence-electron chi connectivity index (χ2n) is 7.79. The lowest BCUT2D eigenvalue weighted by Gasteiger charge is -2.42. The minimum Gasteiger partial charge on any atom is -0.416 e. The number of hydrogen-bond acceptors (Lipinski definition) is 6. The number of nitrogens with zero attached hydrogens (tertiary/aromatic N) is 2. The molecule has 1 aliphatic heterocycles. The van der Waals surface area contributed by atoms with E-state index in [1.54, 1.807) is 42.2 Å². The van der Waals surface area contributed by atoms with Crippen LogP contribution in [0.3, 0.4) is 0 Å². The van der Waals surface area contributed by atoms with Crippen molar-refractivity contribution in [1.29, 1.82) is 0 Å². The number of rotatable bonds is 9. The fraction of sp³-hybridized carbons (Fsp3) is 0.455. The minimum absolute atomic E-state index is 0.0580. The van der Waals surface area contributed by atoms with E-state index in [4.69, 9.17) is 9.05 Å². The lowest BCUT2D eigenvalue weighted by atomic mass is 9.88. The lowest BCUT2D eigenvalue weighted by molar-refractivity contribution is -0.384. The zero-order chi connectivity index (χ0) is 23.4. The summed E-state index contributed by atoms with van der Waals surface area (Å²) in [6, 6.07) is 13.3. The van der Waals surface area contributed by atoms with Gasteiger partial charge in [0.25, 0.3) is 11.6 Å². The summed E-state index contributed by atoms with van der Waals surface area (Å²) in [6.07, 6.45) is 0.314. The van der Waals surface area contributed by atoms with E-state index in [-0.39, 0.29) is 30.0 Å².